The second kappa shape index (κ2) is 5.56. The summed E-state index contributed by atoms with van der Waals surface area (Å²) in [6, 6.07) is 6.30. The molecule has 0 aliphatic rings. The summed E-state index contributed by atoms with van der Waals surface area (Å²) in [6.07, 6.45) is 2.58. The largest absolute Gasteiger partial charge is 0.300 e. The van der Waals surface area contributed by atoms with Crippen molar-refractivity contribution < 1.29 is 4.79 Å². The predicted molar refractivity (Wildman–Crippen MR) is 65.2 cm³/mol. The van der Waals surface area contributed by atoms with Crippen LogP contribution in [-0.4, -0.2) is 12.0 Å². The third kappa shape index (κ3) is 3.46. The Morgan fingerprint density at radius 2 is 2.00 bits per heavy atom. The summed E-state index contributed by atoms with van der Waals surface area (Å²) in [7, 11) is 0. The number of Topliss-reactive ketones (excluding diaryl/α,β-unsaturated/α-hetero) is 1. The van der Waals surface area contributed by atoms with Gasteiger partial charge in [-0.2, -0.15) is 0 Å². The van der Waals surface area contributed by atoms with Gasteiger partial charge in [0.25, 0.3) is 0 Å². The first kappa shape index (κ1) is 11.8. The normalized spacial score (nSPS) is 10.2. The smallest absolute Gasteiger partial charge is 0.134 e. The fourth-order valence-corrected chi connectivity index (χ4v) is 2.18. The first-order chi connectivity index (χ1) is 6.65. The van der Waals surface area contributed by atoms with Crippen molar-refractivity contribution in [1.82, 2.24) is 0 Å². The second-order valence-electron chi connectivity index (χ2n) is 3.20. The van der Waals surface area contributed by atoms with Crippen LogP contribution in [0.15, 0.2) is 23.1 Å². The zero-order valence-corrected chi connectivity index (χ0v) is 10.7. The summed E-state index contributed by atoms with van der Waals surface area (Å²) in [5.41, 5.74) is 2.34. The molecule has 0 atom stereocenters. The number of ketones is 1. The Bertz CT molecular complexity index is 314. The standard InChI is InChI=1S/C11H13BrOS/c1-8(13)3-9-4-10(7-12)6-11(5-9)14-2/h4-6H,3,7H2,1-2H3. The Balaban J connectivity index is 2.98. The fourth-order valence-electron chi connectivity index (χ4n) is 1.31. The molecule has 0 N–H and O–H groups in total. The van der Waals surface area contributed by atoms with E-state index in [9.17, 15) is 4.79 Å². The van der Waals surface area contributed by atoms with E-state index in [1.165, 1.54) is 10.5 Å². The van der Waals surface area contributed by atoms with Gasteiger partial charge >= 0.3 is 0 Å². The van der Waals surface area contributed by atoms with Crippen LogP contribution < -0.4 is 0 Å². The Morgan fingerprint density at radius 3 is 2.50 bits per heavy atom. The lowest BCUT2D eigenvalue weighted by molar-refractivity contribution is -0.116. The minimum atomic E-state index is 0.212. The van der Waals surface area contributed by atoms with E-state index in [4.69, 9.17) is 0 Å². The van der Waals surface area contributed by atoms with Gasteiger partial charge < -0.3 is 0 Å². The van der Waals surface area contributed by atoms with Gasteiger partial charge in [0.2, 0.25) is 0 Å². The van der Waals surface area contributed by atoms with E-state index in [0.29, 0.717) is 6.42 Å². The summed E-state index contributed by atoms with van der Waals surface area (Å²) in [5, 5.41) is 0.840. The molecule has 1 aromatic rings. The second-order valence-corrected chi connectivity index (χ2v) is 4.64. The molecule has 1 aromatic carbocycles. The molecule has 1 rings (SSSR count). The monoisotopic (exact) mass is 272 g/mol. The quantitative estimate of drug-likeness (QED) is 0.617. The molecule has 14 heavy (non-hydrogen) atoms. The highest BCUT2D eigenvalue weighted by Crippen LogP contribution is 2.21. The van der Waals surface area contributed by atoms with Crippen LogP contribution in [0.2, 0.25) is 0 Å². The van der Waals surface area contributed by atoms with Crippen LogP contribution in [0.1, 0.15) is 18.1 Å². The number of carbonyl (C=O) groups is 1. The zero-order valence-electron chi connectivity index (χ0n) is 8.34. The first-order valence-electron chi connectivity index (χ1n) is 4.38. The highest BCUT2D eigenvalue weighted by molar-refractivity contribution is 9.08. The molecule has 1 nitrogen and oxygen atoms in total. The third-order valence-electron chi connectivity index (χ3n) is 1.87. The van der Waals surface area contributed by atoms with E-state index in [-0.39, 0.29) is 5.78 Å². The molecule has 0 bridgehead atoms. The highest BCUT2D eigenvalue weighted by Gasteiger charge is 2.02. The van der Waals surface area contributed by atoms with E-state index in [2.05, 4.69) is 34.1 Å². The van der Waals surface area contributed by atoms with Crippen molar-refractivity contribution in [1.29, 1.82) is 0 Å². The van der Waals surface area contributed by atoms with Gasteiger partial charge in [0.05, 0.1) is 0 Å². The summed E-state index contributed by atoms with van der Waals surface area (Å²) < 4.78 is 0. The van der Waals surface area contributed by atoms with E-state index < -0.39 is 0 Å². The van der Waals surface area contributed by atoms with Crippen molar-refractivity contribution in [2.75, 3.05) is 6.26 Å². The molecule has 3 heteroatoms. The lowest BCUT2D eigenvalue weighted by Crippen LogP contribution is -1.97. The molecule has 0 saturated heterocycles. The lowest BCUT2D eigenvalue weighted by atomic mass is 10.1. The number of alkyl halides is 1. The van der Waals surface area contributed by atoms with E-state index in [0.717, 1.165) is 10.9 Å². The molecule has 0 spiro atoms. The van der Waals surface area contributed by atoms with Crippen molar-refractivity contribution >= 4 is 33.5 Å². The third-order valence-corrected chi connectivity index (χ3v) is 3.22. The van der Waals surface area contributed by atoms with Crippen LogP contribution in [0.4, 0.5) is 0 Å². The molecule has 0 amide bonds. The average Bonchev–Trinajstić information content (AvgIpc) is 2.16. The Kier molecular flexibility index (Phi) is 4.69. The van der Waals surface area contributed by atoms with Crippen molar-refractivity contribution in [2.45, 2.75) is 23.6 Å². The molecule has 0 fully saturated rings. The molecule has 0 aliphatic carbocycles. The van der Waals surface area contributed by atoms with Gasteiger partial charge in [0.15, 0.2) is 0 Å². The van der Waals surface area contributed by atoms with Crippen LogP contribution in [-0.2, 0) is 16.5 Å². The van der Waals surface area contributed by atoms with Gasteiger partial charge in [0, 0.05) is 16.6 Å². The summed E-state index contributed by atoms with van der Waals surface area (Å²) >= 11 is 5.13. The first-order valence-corrected chi connectivity index (χ1v) is 6.72. The number of hydrogen-bond acceptors (Lipinski definition) is 2. The minimum absolute atomic E-state index is 0.212. The minimum Gasteiger partial charge on any atom is -0.300 e. The molecular formula is C11H13BrOS. The Hall–Kier alpha value is -0.280. The van der Waals surface area contributed by atoms with Gasteiger partial charge in [-0.1, -0.05) is 22.0 Å². The van der Waals surface area contributed by atoms with E-state index >= 15 is 0 Å². The molecule has 76 valence electrons. The maximum absolute atomic E-state index is 11.0. The van der Waals surface area contributed by atoms with Gasteiger partial charge in [-0.25, -0.2) is 0 Å². The number of carbonyl (C=O) groups excluding carboxylic acids is 1. The average molecular weight is 273 g/mol. The number of benzene rings is 1. The van der Waals surface area contributed by atoms with Gasteiger partial charge in [0.1, 0.15) is 5.78 Å². The number of thioether (sulfide) groups is 1. The van der Waals surface area contributed by atoms with E-state index in [1.807, 2.05) is 6.26 Å². The van der Waals surface area contributed by atoms with Crippen LogP contribution >= 0.6 is 27.7 Å². The van der Waals surface area contributed by atoms with Gasteiger partial charge in [-0.15, -0.1) is 11.8 Å². The maximum atomic E-state index is 11.0. The van der Waals surface area contributed by atoms with Crippen molar-refractivity contribution in [2.24, 2.45) is 0 Å². The molecular weight excluding hydrogens is 260 g/mol. The van der Waals surface area contributed by atoms with Gasteiger partial charge in [-0.3, -0.25) is 4.79 Å². The predicted octanol–water partition coefficient (Wildman–Crippen LogP) is 3.43. The Labute approximate surface area is 97.4 Å². The Morgan fingerprint density at radius 1 is 1.36 bits per heavy atom. The zero-order chi connectivity index (χ0) is 10.6. The molecule has 0 unspecified atom stereocenters. The SMILES string of the molecule is CSc1cc(CBr)cc(CC(C)=O)c1. The number of rotatable bonds is 4. The van der Waals surface area contributed by atoms with Crippen LogP contribution in [0.3, 0.4) is 0 Å². The lowest BCUT2D eigenvalue weighted by Gasteiger charge is -2.05. The molecule has 0 heterocycles. The molecule has 0 aromatic heterocycles. The summed E-state index contributed by atoms with van der Waals surface area (Å²) in [5.74, 6) is 0.212. The fraction of sp³-hybridized carbons (Fsp3) is 0.364. The number of halogens is 1. The van der Waals surface area contributed by atoms with Crippen LogP contribution in [0, 0.1) is 0 Å². The molecule has 0 aliphatic heterocycles. The molecule has 0 radical (unpaired) electrons. The number of hydrogen-bond donors (Lipinski definition) is 0. The highest BCUT2D eigenvalue weighted by atomic mass is 79.9. The van der Waals surface area contributed by atoms with E-state index in [1.54, 1.807) is 18.7 Å². The van der Waals surface area contributed by atoms with Crippen molar-refractivity contribution in [3.63, 3.8) is 0 Å². The van der Waals surface area contributed by atoms with Crippen LogP contribution in [0.25, 0.3) is 0 Å². The molecule has 0 saturated carbocycles. The van der Waals surface area contributed by atoms with Crippen molar-refractivity contribution in [3.05, 3.63) is 29.3 Å². The van der Waals surface area contributed by atoms with Crippen molar-refractivity contribution in [3.8, 4) is 0 Å². The topological polar surface area (TPSA) is 17.1 Å². The maximum Gasteiger partial charge on any atom is 0.134 e. The van der Waals surface area contributed by atoms with Gasteiger partial charge in [-0.05, 0) is 36.4 Å². The summed E-state index contributed by atoms with van der Waals surface area (Å²) in [6.45, 7) is 1.62. The summed E-state index contributed by atoms with van der Waals surface area (Å²) in [4.78, 5) is 12.2. The van der Waals surface area contributed by atoms with Crippen LogP contribution in [0.5, 0.6) is 0 Å².